The van der Waals surface area contributed by atoms with E-state index in [9.17, 15) is 9.59 Å². The molecule has 5 aromatic rings. The van der Waals surface area contributed by atoms with E-state index in [2.05, 4.69) is 30.2 Å². The fourth-order valence-electron chi connectivity index (χ4n) is 5.28. The van der Waals surface area contributed by atoms with Gasteiger partial charge in [-0.1, -0.05) is 30.3 Å². The van der Waals surface area contributed by atoms with Crippen molar-refractivity contribution >= 4 is 28.7 Å². The number of fused-ring (bicyclic) bond motifs is 1. The second kappa shape index (κ2) is 11.6. The molecule has 41 heavy (non-hydrogen) atoms. The fraction of sp³-hybridized carbons (Fsp3) is 0.267. The Labute approximate surface area is 237 Å². The van der Waals surface area contributed by atoms with Gasteiger partial charge >= 0.3 is 0 Å². The van der Waals surface area contributed by atoms with Gasteiger partial charge in [-0.15, -0.1) is 0 Å². The Morgan fingerprint density at radius 1 is 0.927 bits per heavy atom. The minimum atomic E-state index is -0.246. The minimum Gasteiger partial charge on any atom is -0.352 e. The van der Waals surface area contributed by atoms with Gasteiger partial charge in [-0.3, -0.25) is 9.59 Å². The van der Waals surface area contributed by atoms with Crippen molar-refractivity contribution in [1.29, 1.82) is 0 Å². The SMILES string of the molecule is Cn1c(-c2ccccc2)c(C(=O)N2CCN(c3cnc(C(=O)NCCCn4ccnc4)cn3)CC2)c2cccnc21. The normalized spacial score (nSPS) is 13.5. The summed E-state index contributed by atoms with van der Waals surface area (Å²) in [5.74, 6) is 0.435. The van der Waals surface area contributed by atoms with Gasteiger partial charge in [0.2, 0.25) is 0 Å². The van der Waals surface area contributed by atoms with Crippen LogP contribution in [0.25, 0.3) is 22.3 Å². The molecule has 0 bridgehead atoms. The molecule has 4 aromatic heterocycles. The Morgan fingerprint density at radius 2 is 1.76 bits per heavy atom. The van der Waals surface area contributed by atoms with Gasteiger partial charge in [0, 0.05) is 70.3 Å². The molecule has 1 saturated heterocycles. The zero-order chi connectivity index (χ0) is 28.2. The molecule has 6 rings (SSSR count). The number of nitrogens with one attached hydrogen (secondary N) is 1. The molecule has 1 aliphatic heterocycles. The molecule has 0 radical (unpaired) electrons. The van der Waals surface area contributed by atoms with Crippen LogP contribution in [0.15, 0.2) is 79.8 Å². The third-order valence-electron chi connectivity index (χ3n) is 7.41. The van der Waals surface area contributed by atoms with Crippen LogP contribution in [0.3, 0.4) is 0 Å². The quantitative estimate of drug-likeness (QED) is 0.296. The largest absolute Gasteiger partial charge is 0.352 e. The summed E-state index contributed by atoms with van der Waals surface area (Å²) in [5, 5.41) is 3.74. The summed E-state index contributed by atoms with van der Waals surface area (Å²) in [6.07, 6.45) is 11.1. The Hall–Kier alpha value is -5.06. The Bertz CT molecular complexity index is 1640. The highest BCUT2D eigenvalue weighted by molar-refractivity contribution is 6.12. The molecule has 1 fully saturated rings. The van der Waals surface area contributed by atoms with Crippen molar-refractivity contribution in [2.24, 2.45) is 7.05 Å². The van der Waals surface area contributed by atoms with Crippen molar-refractivity contribution in [3.8, 4) is 11.3 Å². The minimum absolute atomic E-state index is 0.00625. The number of hydrogen-bond acceptors (Lipinski definition) is 7. The number of pyridine rings is 1. The number of aryl methyl sites for hydroxylation is 2. The maximum absolute atomic E-state index is 13.9. The molecule has 208 valence electrons. The smallest absolute Gasteiger partial charge is 0.271 e. The fourth-order valence-corrected chi connectivity index (χ4v) is 5.28. The zero-order valence-electron chi connectivity index (χ0n) is 22.8. The van der Waals surface area contributed by atoms with Gasteiger partial charge in [0.1, 0.15) is 17.2 Å². The molecule has 11 nitrogen and oxygen atoms in total. The lowest BCUT2D eigenvalue weighted by molar-refractivity contribution is 0.0748. The number of rotatable bonds is 8. The van der Waals surface area contributed by atoms with Crippen LogP contribution in [0.4, 0.5) is 5.82 Å². The van der Waals surface area contributed by atoms with Crippen molar-refractivity contribution in [2.45, 2.75) is 13.0 Å². The highest BCUT2D eigenvalue weighted by atomic mass is 16.2. The summed E-state index contributed by atoms with van der Waals surface area (Å²) < 4.78 is 3.97. The monoisotopic (exact) mass is 549 g/mol. The predicted molar refractivity (Wildman–Crippen MR) is 155 cm³/mol. The van der Waals surface area contributed by atoms with Crippen LogP contribution in [-0.4, -0.2) is 78.5 Å². The summed E-state index contributed by atoms with van der Waals surface area (Å²) in [5.41, 5.74) is 3.59. The summed E-state index contributed by atoms with van der Waals surface area (Å²) in [4.78, 5) is 47.8. The number of benzene rings is 1. The van der Waals surface area contributed by atoms with E-state index in [-0.39, 0.29) is 17.5 Å². The van der Waals surface area contributed by atoms with E-state index in [1.165, 1.54) is 6.20 Å². The van der Waals surface area contributed by atoms with Crippen LogP contribution in [0.1, 0.15) is 27.3 Å². The Kier molecular flexibility index (Phi) is 7.40. The van der Waals surface area contributed by atoms with Gasteiger partial charge < -0.3 is 24.3 Å². The highest BCUT2D eigenvalue weighted by Gasteiger charge is 2.29. The van der Waals surface area contributed by atoms with Crippen LogP contribution in [0, 0.1) is 0 Å². The topological polar surface area (TPSA) is 114 Å². The third-order valence-corrected chi connectivity index (χ3v) is 7.41. The summed E-state index contributed by atoms with van der Waals surface area (Å²) in [6, 6.07) is 13.8. The molecule has 5 heterocycles. The first kappa shape index (κ1) is 26.2. The number of nitrogens with zero attached hydrogens (tertiary/aromatic N) is 8. The van der Waals surface area contributed by atoms with E-state index in [0.717, 1.165) is 35.3 Å². The maximum atomic E-state index is 13.9. The number of hydrogen-bond donors (Lipinski definition) is 1. The number of aromatic nitrogens is 6. The number of piperazine rings is 1. The van der Waals surface area contributed by atoms with Crippen LogP contribution in [-0.2, 0) is 13.6 Å². The van der Waals surface area contributed by atoms with Gasteiger partial charge in [0.15, 0.2) is 0 Å². The van der Waals surface area contributed by atoms with Crippen LogP contribution >= 0.6 is 0 Å². The van der Waals surface area contributed by atoms with Gasteiger partial charge in [0.25, 0.3) is 11.8 Å². The molecule has 0 unspecified atom stereocenters. The van der Waals surface area contributed by atoms with E-state index >= 15 is 0 Å². The standard InChI is InChI=1S/C30H31N9O2/c1-36-27(22-7-3-2-4-8-22)26(23-9-5-10-32-28(23)36)30(41)39-17-15-38(16-18-39)25-20-34-24(19-35-25)29(40)33-11-6-13-37-14-12-31-21-37/h2-5,7-10,12,14,19-21H,6,11,13,15-18H2,1H3,(H,33,40). The van der Waals surface area contributed by atoms with E-state index in [1.54, 1.807) is 24.9 Å². The van der Waals surface area contributed by atoms with Gasteiger partial charge in [-0.25, -0.2) is 19.9 Å². The maximum Gasteiger partial charge on any atom is 0.271 e. The number of imidazole rings is 1. The molecule has 1 N–H and O–H groups in total. The summed E-state index contributed by atoms with van der Waals surface area (Å²) in [6.45, 7) is 3.64. The molecule has 0 saturated carbocycles. The molecule has 1 aliphatic rings. The average Bonchev–Trinajstić information content (AvgIpc) is 3.65. The molecular weight excluding hydrogens is 518 g/mol. The van der Waals surface area contributed by atoms with E-state index in [4.69, 9.17) is 0 Å². The second-order valence-corrected chi connectivity index (χ2v) is 9.97. The first-order valence-corrected chi connectivity index (χ1v) is 13.7. The van der Waals surface area contributed by atoms with Crippen molar-refractivity contribution in [2.75, 3.05) is 37.6 Å². The molecule has 0 atom stereocenters. The second-order valence-electron chi connectivity index (χ2n) is 9.97. The molecule has 0 aliphatic carbocycles. The summed E-state index contributed by atoms with van der Waals surface area (Å²) >= 11 is 0. The predicted octanol–water partition coefficient (Wildman–Crippen LogP) is 3.01. The van der Waals surface area contributed by atoms with E-state index < -0.39 is 0 Å². The van der Waals surface area contributed by atoms with E-state index in [0.29, 0.717) is 44.1 Å². The van der Waals surface area contributed by atoms with Crippen LogP contribution < -0.4 is 10.2 Å². The number of carbonyl (C=O) groups is 2. The molecule has 0 spiro atoms. The van der Waals surface area contributed by atoms with Crippen LogP contribution in [0.5, 0.6) is 0 Å². The van der Waals surface area contributed by atoms with Gasteiger partial charge in [-0.05, 0) is 24.1 Å². The van der Waals surface area contributed by atoms with Gasteiger partial charge in [-0.2, -0.15) is 0 Å². The first-order chi connectivity index (χ1) is 20.1. The molecule has 1 aromatic carbocycles. The lowest BCUT2D eigenvalue weighted by Gasteiger charge is -2.35. The number of anilines is 1. The zero-order valence-corrected chi connectivity index (χ0v) is 22.8. The third kappa shape index (κ3) is 5.38. The molecule has 2 amide bonds. The van der Waals surface area contributed by atoms with E-state index in [1.807, 2.05) is 69.7 Å². The van der Waals surface area contributed by atoms with Crippen molar-refractivity contribution in [3.05, 3.63) is 91.0 Å². The lowest BCUT2D eigenvalue weighted by Crippen LogP contribution is -2.49. The number of carbonyl (C=O) groups excluding carboxylic acids is 2. The summed E-state index contributed by atoms with van der Waals surface area (Å²) in [7, 11) is 1.95. The van der Waals surface area contributed by atoms with Crippen molar-refractivity contribution < 1.29 is 9.59 Å². The Balaban J connectivity index is 1.10. The molecule has 11 heteroatoms. The lowest BCUT2D eigenvalue weighted by atomic mass is 10.0. The van der Waals surface area contributed by atoms with Crippen molar-refractivity contribution in [3.63, 3.8) is 0 Å². The number of amides is 2. The highest BCUT2D eigenvalue weighted by Crippen LogP contribution is 2.33. The Morgan fingerprint density at radius 3 is 2.49 bits per heavy atom. The van der Waals surface area contributed by atoms with Gasteiger partial charge in [0.05, 0.1) is 30.0 Å². The van der Waals surface area contributed by atoms with Crippen molar-refractivity contribution in [1.82, 2.24) is 39.3 Å². The van der Waals surface area contributed by atoms with Crippen LogP contribution in [0.2, 0.25) is 0 Å². The first-order valence-electron chi connectivity index (χ1n) is 13.7. The molecular formula is C30H31N9O2. The average molecular weight is 550 g/mol.